The maximum atomic E-state index is 5.51. The summed E-state index contributed by atoms with van der Waals surface area (Å²) in [6, 6.07) is 69.7. The third kappa shape index (κ3) is 4.96. The average Bonchev–Trinajstić information content (AvgIpc) is 4.09. The Morgan fingerprint density at radius 1 is 0.344 bits per heavy atom. The summed E-state index contributed by atoms with van der Waals surface area (Å²) >= 11 is 0. The van der Waals surface area contributed by atoms with E-state index in [0.29, 0.717) is 0 Å². The van der Waals surface area contributed by atoms with Crippen LogP contribution in [0.4, 0.5) is 0 Å². The van der Waals surface area contributed by atoms with Crippen LogP contribution in [0.1, 0.15) is 17.7 Å². The van der Waals surface area contributed by atoms with E-state index in [4.69, 9.17) is 9.97 Å². The molecular formula is C58H38N6. The number of hydrogen-bond donors (Lipinski definition) is 0. The highest BCUT2D eigenvalue weighted by atomic mass is 15.1. The Morgan fingerprint density at radius 3 is 1.47 bits per heavy atom. The van der Waals surface area contributed by atoms with Crippen molar-refractivity contribution in [1.29, 1.82) is 0 Å². The first-order valence-electron chi connectivity index (χ1n) is 22.1. The summed E-state index contributed by atoms with van der Waals surface area (Å²) in [6.45, 7) is 0. The molecule has 0 fully saturated rings. The minimum absolute atomic E-state index is 0.816. The Balaban J connectivity index is 0.980. The number of para-hydroxylation sites is 5. The van der Waals surface area contributed by atoms with Crippen molar-refractivity contribution in [1.82, 2.24) is 28.2 Å². The minimum Gasteiger partial charge on any atom is -0.309 e. The van der Waals surface area contributed by atoms with E-state index in [0.717, 1.165) is 58.3 Å². The predicted octanol–water partition coefficient (Wildman–Crippen LogP) is 14.3. The van der Waals surface area contributed by atoms with Crippen LogP contribution in [0.15, 0.2) is 200 Å². The van der Waals surface area contributed by atoms with Gasteiger partial charge in [-0.25, -0.2) is 9.97 Å². The predicted molar refractivity (Wildman–Crippen MR) is 265 cm³/mol. The lowest BCUT2D eigenvalue weighted by Crippen LogP contribution is -2.05. The zero-order valence-electron chi connectivity index (χ0n) is 34.7. The van der Waals surface area contributed by atoms with E-state index in [9.17, 15) is 0 Å². The Morgan fingerprint density at radius 2 is 0.828 bits per heavy atom. The summed E-state index contributed by atoms with van der Waals surface area (Å²) in [5.74, 6) is 1.72. The van der Waals surface area contributed by atoms with Crippen LogP contribution in [-0.2, 0) is 6.42 Å². The second-order valence-electron chi connectivity index (χ2n) is 16.9. The molecule has 0 radical (unpaired) electrons. The summed E-state index contributed by atoms with van der Waals surface area (Å²) in [7, 11) is 0. The zero-order valence-corrected chi connectivity index (χ0v) is 34.7. The number of pyridine rings is 2. The summed E-state index contributed by atoms with van der Waals surface area (Å²) in [5.41, 5.74) is 14.6. The lowest BCUT2D eigenvalue weighted by molar-refractivity contribution is 0.951. The first kappa shape index (κ1) is 35.2. The highest BCUT2D eigenvalue weighted by molar-refractivity contribution is 6.20. The van der Waals surface area contributed by atoms with E-state index in [1.54, 1.807) is 0 Å². The van der Waals surface area contributed by atoms with Gasteiger partial charge in [-0.05, 0) is 103 Å². The monoisotopic (exact) mass is 818 g/mol. The molecule has 7 aromatic carbocycles. The van der Waals surface area contributed by atoms with Gasteiger partial charge in [0.1, 0.15) is 11.6 Å². The number of benzene rings is 7. The van der Waals surface area contributed by atoms with Gasteiger partial charge in [0, 0.05) is 49.1 Å². The lowest BCUT2D eigenvalue weighted by atomic mass is 10.00. The standard InChI is InChI=1S/C58H38N6/c1-3-17-37(18-4-1)61-49-27-11-9-23-41(49)45-36-54-46(35-53(45)61)42-24-10-13-29-51(42)63(54)55-31-15-25-47(59-55)48-26-16-32-56(60-48)64-52-30-14-8-22-40(52)44-34-33-43-39-21-7-12-28-50(39)62(57(43)58(44)64)38-19-5-2-6-20-38/h1-7,9-21,23-36H,8,22H2. The van der Waals surface area contributed by atoms with Gasteiger partial charge < -0.3 is 9.13 Å². The molecule has 6 aromatic heterocycles. The van der Waals surface area contributed by atoms with E-state index in [1.165, 1.54) is 76.5 Å². The third-order valence-electron chi connectivity index (χ3n) is 13.4. The zero-order chi connectivity index (χ0) is 41.9. The molecule has 6 heterocycles. The fourth-order valence-corrected chi connectivity index (χ4v) is 10.8. The van der Waals surface area contributed by atoms with E-state index in [1.807, 2.05) is 0 Å². The molecule has 0 N–H and O–H groups in total. The van der Waals surface area contributed by atoms with E-state index in [2.05, 4.69) is 225 Å². The summed E-state index contributed by atoms with van der Waals surface area (Å²) in [5, 5.41) is 8.54. The molecule has 0 unspecified atom stereocenters. The number of allylic oxidation sites excluding steroid dienone is 1. The molecule has 0 atom stereocenters. The topological polar surface area (TPSA) is 45.5 Å². The number of aromatic nitrogens is 6. The fraction of sp³-hybridized carbons (Fsp3) is 0.0345. The molecule has 6 heteroatoms. The second kappa shape index (κ2) is 13.5. The molecule has 64 heavy (non-hydrogen) atoms. The quantitative estimate of drug-likeness (QED) is 0.174. The molecule has 14 rings (SSSR count). The van der Waals surface area contributed by atoms with Gasteiger partial charge in [-0.1, -0.05) is 121 Å². The second-order valence-corrected chi connectivity index (χ2v) is 16.9. The minimum atomic E-state index is 0.816. The molecule has 0 amide bonds. The van der Waals surface area contributed by atoms with Gasteiger partial charge in [-0.2, -0.15) is 0 Å². The molecule has 0 saturated heterocycles. The molecule has 13 aromatic rings. The van der Waals surface area contributed by atoms with E-state index in [-0.39, 0.29) is 0 Å². The normalized spacial score (nSPS) is 12.8. The molecule has 300 valence electrons. The first-order chi connectivity index (χ1) is 31.8. The van der Waals surface area contributed by atoms with Crippen LogP contribution in [0.3, 0.4) is 0 Å². The molecule has 0 bridgehead atoms. The van der Waals surface area contributed by atoms with Crippen LogP contribution in [0.2, 0.25) is 0 Å². The van der Waals surface area contributed by atoms with Crippen molar-refractivity contribution in [2.45, 2.75) is 12.8 Å². The van der Waals surface area contributed by atoms with Gasteiger partial charge in [0.15, 0.2) is 0 Å². The highest BCUT2D eigenvalue weighted by Crippen LogP contribution is 2.43. The third-order valence-corrected chi connectivity index (χ3v) is 13.4. The maximum Gasteiger partial charge on any atom is 0.138 e. The van der Waals surface area contributed by atoms with E-state index < -0.39 is 0 Å². The van der Waals surface area contributed by atoms with Crippen LogP contribution in [-0.4, -0.2) is 28.2 Å². The lowest BCUT2D eigenvalue weighted by Gasteiger charge is -2.14. The van der Waals surface area contributed by atoms with Crippen molar-refractivity contribution in [3.8, 4) is 34.4 Å². The van der Waals surface area contributed by atoms with Gasteiger partial charge in [0.05, 0.1) is 55.7 Å². The van der Waals surface area contributed by atoms with Crippen LogP contribution >= 0.6 is 0 Å². The summed E-state index contributed by atoms with van der Waals surface area (Å²) < 4.78 is 9.55. The fourth-order valence-electron chi connectivity index (χ4n) is 10.8. The number of nitrogens with zero attached hydrogens (tertiary/aromatic N) is 6. The van der Waals surface area contributed by atoms with Gasteiger partial charge in [0.2, 0.25) is 0 Å². The average molecular weight is 819 g/mol. The van der Waals surface area contributed by atoms with Crippen molar-refractivity contribution in [3.63, 3.8) is 0 Å². The van der Waals surface area contributed by atoms with Crippen molar-refractivity contribution in [2.75, 3.05) is 0 Å². The Bertz CT molecular complexity index is 4070. The van der Waals surface area contributed by atoms with Crippen LogP contribution in [0.25, 0.3) is 117 Å². The number of fused-ring (bicyclic) bond motifs is 13. The molecule has 0 saturated carbocycles. The van der Waals surface area contributed by atoms with Crippen molar-refractivity contribution in [2.24, 2.45) is 0 Å². The van der Waals surface area contributed by atoms with Gasteiger partial charge in [0.25, 0.3) is 0 Å². The summed E-state index contributed by atoms with van der Waals surface area (Å²) in [6.07, 6.45) is 6.59. The van der Waals surface area contributed by atoms with Crippen molar-refractivity contribution < 1.29 is 0 Å². The van der Waals surface area contributed by atoms with Gasteiger partial charge in [-0.3, -0.25) is 9.13 Å². The smallest absolute Gasteiger partial charge is 0.138 e. The van der Waals surface area contributed by atoms with Gasteiger partial charge in [-0.15, -0.1) is 0 Å². The van der Waals surface area contributed by atoms with Crippen LogP contribution in [0, 0.1) is 0 Å². The van der Waals surface area contributed by atoms with Crippen molar-refractivity contribution in [3.05, 3.63) is 211 Å². The molecule has 1 aliphatic rings. The van der Waals surface area contributed by atoms with Crippen molar-refractivity contribution >= 4 is 82.4 Å². The molecule has 0 spiro atoms. The highest BCUT2D eigenvalue weighted by Gasteiger charge is 2.25. The first-order valence-corrected chi connectivity index (χ1v) is 22.1. The summed E-state index contributed by atoms with van der Waals surface area (Å²) in [4.78, 5) is 11.0. The SMILES string of the molecule is C1=Cc2c(c3ccc4c5ccccc5n(-c5ccccc5)c4c3n2-c2cccc(-c3cccc(-n4c5ccccc5c5cc6c(cc54)c4ccccc4n6-c4ccccc4)n3)n2)CC1. The Kier molecular flexibility index (Phi) is 7.42. The number of aryl methyl sites for hydroxylation is 1. The maximum absolute atomic E-state index is 5.51. The van der Waals surface area contributed by atoms with Crippen LogP contribution < -0.4 is 0 Å². The number of rotatable bonds is 5. The Labute approximate surface area is 367 Å². The molecular weight excluding hydrogens is 781 g/mol. The molecule has 1 aliphatic carbocycles. The molecule has 0 aliphatic heterocycles. The van der Waals surface area contributed by atoms with Gasteiger partial charge >= 0.3 is 0 Å². The largest absolute Gasteiger partial charge is 0.309 e. The van der Waals surface area contributed by atoms with E-state index >= 15 is 0 Å². The number of hydrogen-bond acceptors (Lipinski definition) is 2. The van der Waals surface area contributed by atoms with Crippen LogP contribution in [0.5, 0.6) is 0 Å². The Hall–Kier alpha value is -8.48. The molecule has 6 nitrogen and oxygen atoms in total.